The molecule has 0 saturated carbocycles. The van der Waals surface area contributed by atoms with Crippen LogP contribution in [0.3, 0.4) is 0 Å². The summed E-state index contributed by atoms with van der Waals surface area (Å²) in [6, 6.07) is 11.1. The first-order valence-electron chi connectivity index (χ1n) is 6.57. The van der Waals surface area contributed by atoms with Gasteiger partial charge in [-0.25, -0.2) is 4.39 Å². The molecule has 0 radical (unpaired) electrons. The molecule has 1 aliphatic rings. The minimum Gasteiger partial charge on any atom is -0.397 e. The summed E-state index contributed by atoms with van der Waals surface area (Å²) in [7, 11) is 0. The molecule has 2 aromatic rings. The maximum Gasteiger partial charge on any atom is 0.125 e. The molecule has 0 saturated heterocycles. The normalized spacial score (nSPS) is 14.3. The molecule has 1 heterocycles. The third-order valence-electron chi connectivity index (χ3n) is 3.63. The Labute approximate surface area is 112 Å². The van der Waals surface area contributed by atoms with E-state index in [9.17, 15) is 4.39 Å². The van der Waals surface area contributed by atoms with Gasteiger partial charge in [0, 0.05) is 12.2 Å². The molecule has 2 nitrogen and oxygen atoms in total. The van der Waals surface area contributed by atoms with Crippen LogP contribution in [0.5, 0.6) is 0 Å². The van der Waals surface area contributed by atoms with E-state index in [0.717, 1.165) is 25.1 Å². The first kappa shape index (κ1) is 12.0. The zero-order valence-corrected chi connectivity index (χ0v) is 11.0. The Balaban J connectivity index is 2.08. The number of nitrogen functional groups attached to an aromatic ring is 1. The number of benzene rings is 2. The van der Waals surface area contributed by atoms with E-state index < -0.39 is 0 Å². The van der Waals surface area contributed by atoms with Crippen LogP contribution in [0, 0.1) is 12.7 Å². The first-order chi connectivity index (χ1) is 9.15. The zero-order valence-electron chi connectivity index (χ0n) is 11.0. The molecule has 0 unspecified atom stereocenters. The fraction of sp³-hybridized carbons (Fsp3) is 0.250. The van der Waals surface area contributed by atoms with Crippen molar-refractivity contribution in [3.8, 4) is 0 Å². The predicted molar refractivity (Wildman–Crippen MR) is 77.3 cm³/mol. The van der Waals surface area contributed by atoms with Crippen LogP contribution in [0.2, 0.25) is 0 Å². The predicted octanol–water partition coefficient (Wildman–Crippen LogP) is 3.80. The number of aryl methyl sites for hydroxylation is 2. The van der Waals surface area contributed by atoms with Crippen LogP contribution in [0.25, 0.3) is 0 Å². The summed E-state index contributed by atoms with van der Waals surface area (Å²) < 4.78 is 13.2. The summed E-state index contributed by atoms with van der Waals surface area (Å²) in [6.07, 6.45) is 2.18. The first-order valence-corrected chi connectivity index (χ1v) is 6.57. The quantitative estimate of drug-likeness (QED) is 0.786. The van der Waals surface area contributed by atoms with E-state index in [0.29, 0.717) is 5.69 Å². The summed E-state index contributed by atoms with van der Waals surface area (Å²) >= 11 is 0. The molecule has 1 aliphatic heterocycles. The van der Waals surface area contributed by atoms with Gasteiger partial charge in [-0.1, -0.05) is 17.7 Å². The molecule has 98 valence electrons. The second-order valence-electron chi connectivity index (χ2n) is 5.09. The molecule has 3 rings (SSSR count). The third-order valence-corrected chi connectivity index (χ3v) is 3.63. The van der Waals surface area contributed by atoms with Crippen molar-refractivity contribution in [1.82, 2.24) is 0 Å². The molecule has 0 fully saturated rings. The number of anilines is 3. The van der Waals surface area contributed by atoms with Crippen molar-refractivity contribution in [3.05, 3.63) is 53.3 Å². The van der Waals surface area contributed by atoms with Gasteiger partial charge in [-0.3, -0.25) is 0 Å². The van der Waals surface area contributed by atoms with Gasteiger partial charge in [0.25, 0.3) is 0 Å². The van der Waals surface area contributed by atoms with Gasteiger partial charge >= 0.3 is 0 Å². The van der Waals surface area contributed by atoms with Crippen molar-refractivity contribution in [3.63, 3.8) is 0 Å². The molecule has 0 spiro atoms. The van der Waals surface area contributed by atoms with E-state index in [4.69, 9.17) is 5.73 Å². The van der Waals surface area contributed by atoms with Gasteiger partial charge in [-0.2, -0.15) is 0 Å². The van der Waals surface area contributed by atoms with Gasteiger partial charge < -0.3 is 10.6 Å². The molecule has 0 amide bonds. The van der Waals surface area contributed by atoms with E-state index >= 15 is 0 Å². The third kappa shape index (κ3) is 2.16. The highest BCUT2D eigenvalue weighted by molar-refractivity contribution is 5.77. The average molecular weight is 256 g/mol. The van der Waals surface area contributed by atoms with E-state index in [1.807, 2.05) is 0 Å². The van der Waals surface area contributed by atoms with Crippen LogP contribution in [-0.4, -0.2) is 6.54 Å². The van der Waals surface area contributed by atoms with Crippen LogP contribution >= 0.6 is 0 Å². The topological polar surface area (TPSA) is 29.3 Å². The van der Waals surface area contributed by atoms with Crippen molar-refractivity contribution in [1.29, 1.82) is 0 Å². The molecular weight excluding hydrogens is 239 g/mol. The van der Waals surface area contributed by atoms with Gasteiger partial charge in [0.2, 0.25) is 0 Å². The Bertz CT molecular complexity index is 622. The van der Waals surface area contributed by atoms with Crippen LogP contribution in [0.4, 0.5) is 21.5 Å². The second kappa shape index (κ2) is 4.57. The Kier molecular flexibility index (Phi) is 2.90. The maximum atomic E-state index is 13.2. The highest BCUT2D eigenvalue weighted by Gasteiger charge is 2.19. The SMILES string of the molecule is Cc1ccc2c(c1)CCCN2c1ccc(F)cc1N. The van der Waals surface area contributed by atoms with Gasteiger partial charge in [0.1, 0.15) is 5.82 Å². The molecule has 0 aliphatic carbocycles. The fourth-order valence-corrected chi connectivity index (χ4v) is 2.75. The molecule has 0 aromatic heterocycles. The molecule has 0 atom stereocenters. The number of nitrogens with zero attached hydrogens (tertiary/aromatic N) is 1. The van der Waals surface area contributed by atoms with Gasteiger partial charge in [-0.05, 0) is 49.6 Å². The molecule has 2 N–H and O–H groups in total. The van der Waals surface area contributed by atoms with E-state index in [2.05, 4.69) is 30.0 Å². The highest BCUT2D eigenvalue weighted by Crippen LogP contribution is 2.36. The van der Waals surface area contributed by atoms with Crippen LogP contribution in [0.1, 0.15) is 17.5 Å². The van der Waals surface area contributed by atoms with Crippen molar-refractivity contribution in [2.45, 2.75) is 19.8 Å². The van der Waals surface area contributed by atoms with Gasteiger partial charge in [-0.15, -0.1) is 0 Å². The van der Waals surface area contributed by atoms with Crippen LogP contribution in [-0.2, 0) is 6.42 Å². The lowest BCUT2D eigenvalue weighted by Gasteiger charge is -2.32. The van der Waals surface area contributed by atoms with Crippen molar-refractivity contribution < 1.29 is 4.39 Å². The molecule has 2 aromatic carbocycles. The lowest BCUT2D eigenvalue weighted by Crippen LogP contribution is -2.25. The van der Waals surface area contributed by atoms with Crippen LogP contribution in [0.15, 0.2) is 36.4 Å². The number of hydrogen-bond donors (Lipinski definition) is 1. The van der Waals surface area contributed by atoms with E-state index in [1.54, 1.807) is 6.07 Å². The molecule has 19 heavy (non-hydrogen) atoms. The number of fused-ring (bicyclic) bond motifs is 1. The number of rotatable bonds is 1. The second-order valence-corrected chi connectivity index (χ2v) is 5.09. The zero-order chi connectivity index (χ0) is 13.4. The summed E-state index contributed by atoms with van der Waals surface area (Å²) in [5.41, 5.74) is 11.1. The number of hydrogen-bond acceptors (Lipinski definition) is 2. The summed E-state index contributed by atoms with van der Waals surface area (Å²) in [6.45, 7) is 3.03. The van der Waals surface area contributed by atoms with Crippen molar-refractivity contribution in [2.75, 3.05) is 17.2 Å². The van der Waals surface area contributed by atoms with E-state index in [-0.39, 0.29) is 5.82 Å². The Morgan fingerprint density at radius 2 is 1.89 bits per heavy atom. The molecule has 3 heteroatoms. The minimum absolute atomic E-state index is 0.289. The van der Waals surface area contributed by atoms with E-state index in [1.165, 1.54) is 28.9 Å². The largest absolute Gasteiger partial charge is 0.397 e. The molecular formula is C16H17FN2. The van der Waals surface area contributed by atoms with Crippen molar-refractivity contribution in [2.24, 2.45) is 0 Å². The fourth-order valence-electron chi connectivity index (χ4n) is 2.75. The summed E-state index contributed by atoms with van der Waals surface area (Å²) in [4.78, 5) is 2.19. The summed E-state index contributed by atoms with van der Waals surface area (Å²) in [5.74, 6) is -0.289. The lowest BCUT2D eigenvalue weighted by molar-refractivity contribution is 0.628. The van der Waals surface area contributed by atoms with Gasteiger partial charge in [0.05, 0.1) is 11.4 Å². The Morgan fingerprint density at radius 1 is 1.11 bits per heavy atom. The Morgan fingerprint density at radius 3 is 2.68 bits per heavy atom. The molecule has 0 bridgehead atoms. The maximum absolute atomic E-state index is 13.2. The number of nitrogens with two attached hydrogens (primary N) is 1. The Hall–Kier alpha value is -2.03. The number of halogens is 1. The summed E-state index contributed by atoms with van der Waals surface area (Å²) in [5, 5.41) is 0. The van der Waals surface area contributed by atoms with Crippen molar-refractivity contribution >= 4 is 17.1 Å². The average Bonchev–Trinajstić information content (AvgIpc) is 2.38. The van der Waals surface area contributed by atoms with Crippen LogP contribution < -0.4 is 10.6 Å². The van der Waals surface area contributed by atoms with Gasteiger partial charge in [0.15, 0.2) is 0 Å². The highest BCUT2D eigenvalue weighted by atomic mass is 19.1. The smallest absolute Gasteiger partial charge is 0.125 e. The monoisotopic (exact) mass is 256 g/mol. The minimum atomic E-state index is -0.289. The standard InChI is InChI=1S/C16H17FN2/c1-11-4-6-15-12(9-11)3-2-8-19(15)16-7-5-13(17)10-14(16)18/h4-7,9-10H,2-3,8,18H2,1H3. The lowest BCUT2D eigenvalue weighted by atomic mass is 9.99.